The Bertz CT molecular complexity index is 924. The molecule has 1 aliphatic rings. The van der Waals surface area contributed by atoms with E-state index in [9.17, 15) is 4.79 Å². The van der Waals surface area contributed by atoms with E-state index in [0.29, 0.717) is 11.3 Å². The van der Waals surface area contributed by atoms with E-state index < -0.39 is 5.91 Å². The van der Waals surface area contributed by atoms with Gasteiger partial charge < -0.3 is 11.1 Å². The lowest BCUT2D eigenvalue weighted by atomic mass is 9.88. The van der Waals surface area contributed by atoms with Crippen LogP contribution >= 0.6 is 0 Å². The topological polar surface area (TPSA) is 93.8 Å². The fraction of sp³-hybridized carbons (Fsp3) is 0.222. The zero-order valence-electron chi connectivity index (χ0n) is 13.0. The number of benzene rings is 1. The molecule has 3 aromatic rings. The summed E-state index contributed by atoms with van der Waals surface area (Å²) in [6, 6.07) is 10.3. The van der Waals surface area contributed by atoms with Crippen molar-refractivity contribution in [2.75, 3.05) is 5.32 Å². The Labute approximate surface area is 139 Å². The van der Waals surface area contributed by atoms with Crippen LogP contribution < -0.4 is 11.1 Å². The lowest BCUT2D eigenvalue weighted by Crippen LogP contribution is -2.20. The zero-order chi connectivity index (χ0) is 16.5. The molecule has 3 N–H and O–H groups in total. The summed E-state index contributed by atoms with van der Waals surface area (Å²) in [6.45, 7) is 0. The summed E-state index contributed by atoms with van der Waals surface area (Å²) in [5.74, 6) is -0.0759. The highest BCUT2D eigenvalue weighted by atomic mass is 16.1. The molecule has 1 amide bonds. The minimum atomic E-state index is -0.656. The number of hydrogen-bond acceptors (Lipinski definition) is 5. The molecule has 1 aliphatic carbocycles. The Hall–Kier alpha value is -3.02. The van der Waals surface area contributed by atoms with Gasteiger partial charge in [0.2, 0.25) is 5.82 Å². The molecule has 2 heterocycles. The number of anilines is 1. The smallest absolute Gasteiger partial charge is 0.286 e. The third-order valence-corrected chi connectivity index (χ3v) is 4.35. The second-order valence-electron chi connectivity index (χ2n) is 5.88. The van der Waals surface area contributed by atoms with Gasteiger partial charge in [0.15, 0.2) is 0 Å². The third kappa shape index (κ3) is 2.56. The molecule has 1 radical (unpaired) electrons. The van der Waals surface area contributed by atoms with Crippen LogP contribution in [0.1, 0.15) is 40.6 Å². The molecule has 0 fully saturated rings. The van der Waals surface area contributed by atoms with E-state index in [4.69, 9.17) is 5.73 Å². The summed E-state index contributed by atoms with van der Waals surface area (Å²) in [6.07, 6.45) is 7.55. The van der Waals surface area contributed by atoms with Gasteiger partial charge in [-0.1, -0.05) is 24.3 Å². The number of rotatable bonds is 3. The summed E-state index contributed by atoms with van der Waals surface area (Å²) in [5, 5.41) is 4.24. The molecule has 1 atom stereocenters. The summed E-state index contributed by atoms with van der Waals surface area (Å²) in [5.41, 5.74) is 8.56. The highest BCUT2D eigenvalue weighted by Gasteiger charge is 2.21. The number of amides is 1. The predicted molar refractivity (Wildman–Crippen MR) is 90.4 cm³/mol. The molecule has 0 aliphatic heterocycles. The molecule has 0 saturated heterocycles. The van der Waals surface area contributed by atoms with E-state index >= 15 is 0 Å². The monoisotopic (exact) mass is 318 g/mol. The van der Waals surface area contributed by atoms with Gasteiger partial charge in [-0.25, -0.2) is 9.97 Å². The largest absolute Gasteiger partial charge is 0.363 e. The number of primary amides is 1. The molecule has 0 spiro atoms. The van der Waals surface area contributed by atoms with Crippen LogP contribution in [0.25, 0.3) is 10.9 Å². The van der Waals surface area contributed by atoms with E-state index in [1.54, 1.807) is 12.3 Å². The quantitative estimate of drug-likeness (QED) is 0.773. The van der Waals surface area contributed by atoms with Crippen molar-refractivity contribution in [3.8, 4) is 0 Å². The van der Waals surface area contributed by atoms with Crippen LogP contribution in [0.5, 0.6) is 0 Å². The number of fused-ring (bicyclic) bond motifs is 2. The van der Waals surface area contributed by atoms with Crippen molar-refractivity contribution in [3.63, 3.8) is 0 Å². The molecule has 2 aromatic heterocycles. The van der Waals surface area contributed by atoms with Crippen molar-refractivity contribution >= 4 is 22.6 Å². The molecule has 4 rings (SSSR count). The highest BCUT2D eigenvalue weighted by molar-refractivity contribution is 5.95. The fourth-order valence-electron chi connectivity index (χ4n) is 3.22. The van der Waals surface area contributed by atoms with Crippen LogP contribution in [-0.4, -0.2) is 20.9 Å². The van der Waals surface area contributed by atoms with Gasteiger partial charge >= 0.3 is 0 Å². The van der Waals surface area contributed by atoms with Crippen molar-refractivity contribution in [2.24, 2.45) is 5.73 Å². The second-order valence-corrected chi connectivity index (χ2v) is 5.88. The van der Waals surface area contributed by atoms with Crippen LogP contribution in [0.15, 0.2) is 36.5 Å². The van der Waals surface area contributed by atoms with Crippen LogP contribution in [0, 0.1) is 6.20 Å². The molecular formula is C18H16N5O. The number of pyridine rings is 1. The average Bonchev–Trinajstić information content (AvgIpc) is 2.62. The van der Waals surface area contributed by atoms with Gasteiger partial charge in [0.1, 0.15) is 5.82 Å². The van der Waals surface area contributed by atoms with Crippen molar-refractivity contribution in [1.29, 1.82) is 0 Å². The third-order valence-electron chi connectivity index (χ3n) is 4.35. The number of aromatic nitrogens is 3. The number of hydrogen-bond donors (Lipinski definition) is 2. The Kier molecular flexibility index (Phi) is 3.57. The first-order valence-electron chi connectivity index (χ1n) is 7.90. The number of carbonyl (C=O) groups is 1. The maximum absolute atomic E-state index is 11.5. The molecule has 6 heteroatoms. The lowest BCUT2D eigenvalue weighted by Gasteiger charge is -2.27. The van der Waals surface area contributed by atoms with E-state index in [0.717, 1.165) is 24.6 Å². The molecule has 0 bridgehead atoms. The SMILES string of the molecule is NC(=O)c1nc(NC2CCCc3ccccc32)c2c[c]ncc2n1. The molecule has 24 heavy (non-hydrogen) atoms. The lowest BCUT2D eigenvalue weighted by molar-refractivity contribution is 0.0991. The van der Waals surface area contributed by atoms with Crippen LogP contribution in [-0.2, 0) is 6.42 Å². The number of aryl methyl sites for hydroxylation is 1. The number of nitrogens with zero attached hydrogens (tertiary/aromatic N) is 3. The van der Waals surface area contributed by atoms with Gasteiger partial charge in [0.25, 0.3) is 5.91 Å². The Morgan fingerprint density at radius 1 is 1.29 bits per heavy atom. The van der Waals surface area contributed by atoms with E-state index in [1.807, 2.05) is 6.07 Å². The Morgan fingerprint density at radius 3 is 3.04 bits per heavy atom. The van der Waals surface area contributed by atoms with E-state index in [-0.39, 0.29) is 11.9 Å². The number of carbonyl (C=O) groups excluding carboxylic acids is 1. The molecule has 1 unspecified atom stereocenters. The fourth-order valence-corrected chi connectivity index (χ4v) is 3.22. The van der Waals surface area contributed by atoms with Crippen LogP contribution in [0.4, 0.5) is 5.82 Å². The van der Waals surface area contributed by atoms with Crippen LogP contribution in [0.3, 0.4) is 0 Å². The minimum absolute atomic E-state index is 0.0119. The average molecular weight is 318 g/mol. The first-order chi connectivity index (χ1) is 11.7. The molecular weight excluding hydrogens is 302 g/mol. The molecule has 1 aromatic carbocycles. The van der Waals surface area contributed by atoms with E-state index in [1.165, 1.54) is 11.1 Å². The number of nitrogens with two attached hydrogens (primary N) is 1. The maximum Gasteiger partial charge on any atom is 0.286 e. The first kappa shape index (κ1) is 14.6. The van der Waals surface area contributed by atoms with Crippen molar-refractivity contribution in [2.45, 2.75) is 25.3 Å². The molecule has 119 valence electrons. The Balaban J connectivity index is 1.79. The van der Waals surface area contributed by atoms with Crippen LogP contribution in [0.2, 0.25) is 0 Å². The van der Waals surface area contributed by atoms with Gasteiger partial charge in [-0.3, -0.25) is 9.78 Å². The summed E-state index contributed by atoms with van der Waals surface area (Å²) in [4.78, 5) is 24.0. The van der Waals surface area contributed by atoms with Gasteiger partial charge in [-0.2, -0.15) is 0 Å². The second kappa shape index (κ2) is 5.88. The van der Waals surface area contributed by atoms with Gasteiger partial charge in [-0.05, 0) is 36.5 Å². The van der Waals surface area contributed by atoms with Crippen molar-refractivity contribution < 1.29 is 4.79 Å². The zero-order valence-corrected chi connectivity index (χ0v) is 13.0. The van der Waals surface area contributed by atoms with Crippen molar-refractivity contribution in [1.82, 2.24) is 15.0 Å². The molecule has 6 nitrogen and oxygen atoms in total. The van der Waals surface area contributed by atoms with Gasteiger partial charge in [0, 0.05) is 5.39 Å². The van der Waals surface area contributed by atoms with Crippen molar-refractivity contribution in [3.05, 3.63) is 59.7 Å². The maximum atomic E-state index is 11.5. The molecule has 0 saturated carbocycles. The van der Waals surface area contributed by atoms with Gasteiger partial charge in [0.05, 0.1) is 24.0 Å². The summed E-state index contributed by atoms with van der Waals surface area (Å²) in [7, 11) is 0. The standard InChI is InChI=1S/C18H16N5O/c19-16(24)18-22-15-10-20-9-8-13(15)17(23-18)21-14-7-3-5-11-4-1-2-6-12(11)14/h1-2,4,6,8,10,14H,3,5,7H2,(H2,19,24)(H,21,22,23). The Morgan fingerprint density at radius 2 is 2.17 bits per heavy atom. The van der Waals surface area contributed by atoms with Gasteiger partial charge in [-0.15, -0.1) is 0 Å². The first-order valence-corrected chi connectivity index (χ1v) is 7.90. The normalized spacial score (nSPS) is 16.6. The summed E-state index contributed by atoms with van der Waals surface area (Å²) < 4.78 is 0. The number of nitrogens with one attached hydrogen (secondary N) is 1. The minimum Gasteiger partial charge on any atom is -0.363 e. The predicted octanol–water partition coefficient (Wildman–Crippen LogP) is 2.41. The van der Waals surface area contributed by atoms with E-state index in [2.05, 4.69) is 44.7 Å². The summed E-state index contributed by atoms with van der Waals surface area (Å²) >= 11 is 0. The highest BCUT2D eigenvalue weighted by Crippen LogP contribution is 2.33.